The number of aliphatic carboxylic acids is 1. The molecule has 20 heavy (non-hydrogen) atoms. The summed E-state index contributed by atoms with van der Waals surface area (Å²) < 4.78 is 4.77. The van der Waals surface area contributed by atoms with E-state index in [1.54, 1.807) is 18.9 Å². The summed E-state index contributed by atoms with van der Waals surface area (Å²) in [6, 6.07) is 0. The smallest absolute Gasteiger partial charge is 0.305 e. The summed E-state index contributed by atoms with van der Waals surface area (Å²) >= 11 is 0. The van der Waals surface area contributed by atoms with E-state index in [4.69, 9.17) is 9.84 Å². The van der Waals surface area contributed by atoms with Gasteiger partial charge in [-0.2, -0.15) is 0 Å². The van der Waals surface area contributed by atoms with Crippen molar-refractivity contribution in [3.8, 4) is 0 Å². The van der Waals surface area contributed by atoms with Gasteiger partial charge in [-0.15, -0.1) is 0 Å². The van der Waals surface area contributed by atoms with E-state index in [0.717, 1.165) is 0 Å². The Hall–Kier alpha value is -1.63. The Morgan fingerprint density at radius 1 is 1.20 bits per heavy atom. The van der Waals surface area contributed by atoms with Gasteiger partial charge in [0, 0.05) is 19.4 Å². The maximum Gasteiger partial charge on any atom is 0.305 e. The van der Waals surface area contributed by atoms with Gasteiger partial charge in [0.25, 0.3) is 0 Å². The molecule has 7 heteroatoms. The highest BCUT2D eigenvalue weighted by Gasteiger charge is 2.07. The molecule has 0 aliphatic rings. The number of hydrogen-bond donors (Lipinski definition) is 2. The van der Waals surface area contributed by atoms with Gasteiger partial charge in [-0.3, -0.25) is 19.3 Å². The van der Waals surface area contributed by atoms with E-state index in [1.165, 1.54) is 0 Å². The normalized spacial score (nSPS) is 10.3. The number of nitrogens with zero attached hydrogens (tertiary/aromatic N) is 1. The molecule has 2 N–H and O–H groups in total. The van der Waals surface area contributed by atoms with E-state index >= 15 is 0 Å². The van der Waals surface area contributed by atoms with Crippen LogP contribution in [0.5, 0.6) is 0 Å². The molecule has 0 saturated carbocycles. The minimum Gasteiger partial charge on any atom is -0.481 e. The largest absolute Gasteiger partial charge is 0.481 e. The van der Waals surface area contributed by atoms with Gasteiger partial charge in [0.05, 0.1) is 13.2 Å². The average Bonchev–Trinajstić information content (AvgIpc) is 2.34. The minimum atomic E-state index is -0.832. The van der Waals surface area contributed by atoms with Gasteiger partial charge >= 0.3 is 11.9 Å². The molecule has 0 aromatic rings. The van der Waals surface area contributed by atoms with Crippen molar-refractivity contribution in [3.63, 3.8) is 0 Å². The average molecular weight is 288 g/mol. The fraction of sp³-hybridized carbons (Fsp3) is 0.769. The number of carboxylic acids is 1. The Labute approximate surface area is 119 Å². The zero-order valence-corrected chi connectivity index (χ0v) is 12.2. The lowest BCUT2D eigenvalue weighted by Crippen LogP contribution is -2.36. The Bertz CT molecular complexity index is 320. The van der Waals surface area contributed by atoms with Crippen LogP contribution in [0.3, 0.4) is 0 Å². The molecule has 0 heterocycles. The lowest BCUT2D eigenvalue weighted by molar-refractivity contribution is -0.143. The van der Waals surface area contributed by atoms with Gasteiger partial charge < -0.3 is 15.2 Å². The van der Waals surface area contributed by atoms with Crippen LogP contribution in [0, 0.1) is 0 Å². The van der Waals surface area contributed by atoms with Crippen LogP contribution in [0.4, 0.5) is 0 Å². The third-order valence-corrected chi connectivity index (χ3v) is 2.53. The van der Waals surface area contributed by atoms with Gasteiger partial charge in [-0.1, -0.05) is 0 Å². The molecule has 0 radical (unpaired) electrons. The molecule has 1 amide bonds. The Kier molecular flexibility index (Phi) is 10.3. The molecule has 0 unspecified atom stereocenters. The van der Waals surface area contributed by atoms with Crippen molar-refractivity contribution in [3.05, 3.63) is 0 Å². The predicted molar refractivity (Wildman–Crippen MR) is 73.2 cm³/mol. The zero-order chi connectivity index (χ0) is 15.4. The first-order valence-corrected chi connectivity index (χ1v) is 6.78. The van der Waals surface area contributed by atoms with Crippen LogP contribution >= 0.6 is 0 Å². The number of esters is 1. The number of carboxylic acid groups (broad SMARTS) is 1. The summed E-state index contributed by atoms with van der Waals surface area (Å²) in [5.74, 6) is -1.22. The number of nitrogens with one attached hydrogen (secondary N) is 1. The maximum absolute atomic E-state index is 11.5. The van der Waals surface area contributed by atoms with Crippen molar-refractivity contribution in [2.45, 2.75) is 32.6 Å². The minimum absolute atomic E-state index is 0.103. The van der Waals surface area contributed by atoms with Crippen LogP contribution in [0.2, 0.25) is 0 Å². The molecule has 0 atom stereocenters. The molecule has 0 rings (SSSR count). The van der Waals surface area contributed by atoms with Crippen molar-refractivity contribution >= 4 is 17.8 Å². The van der Waals surface area contributed by atoms with Gasteiger partial charge in [0.15, 0.2) is 0 Å². The number of carbonyl (C=O) groups excluding carboxylic acids is 2. The van der Waals surface area contributed by atoms with Crippen molar-refractivity contribution in [1.82, 2.24) is 10.2 Å². The third-order valence-electron chi connectivity index (χ3n) is 2.53. The standard InChI is InChI=1S/C13H24N2O5/c1-3-20-13(19)7-4-8-14-11(16)10-15(2)9-5-6-12(17)18/h3-10H2,1-2H3,(H,14,16)(H,17,18). The first-order chi connectivity index (χ1) is 9.45. The Morgan fingerprint density at radius 3 is 2.50 bits per heavy atom. The topological polar surface area (TPSA) is 95.9 Å². The summed E-state index contributed by atoms with van der Waals surface area (Å²) in [5.41, 5.74) is 0. The third kappa shape index (κ3) is 11.5. The molecule has 0 bridgehead atoms. The quantitative estimate of drug-likeness (QED) is 0.418. The monoisotopic (exact) mass is 288 g/mol. The summed E-state index contributed by atoms with van der Waals surface area (Å²) in [7, 11) is 1.76. The molecule has 0 spiro atoms. The number of ether oxygens (including phenoxy) is 1. The SMILES string of the molecule is CCOC(=O)CCCNC(=O)CN(C)CCCC(=O)O. The highest BCUT2D eigenvalue weighted by Crippen LogP contribution is 1.94. The molecular weight excluding hydrogens is 264 g/mol. The lowest BCUT2D eigenvalue weighted by atomic mass is 10.3. The maximum atomic E-state index is 11.5. The molecule has 0 aromatic carbocycles. The van der Waals surface area contributed by atoms with Gasteiger partial charge in [0.2, 0.25) is 5.91 Å². The zero-order valence-electron chi connectivity index (χ0n) is 12.2. The molecule has 0 fully saturated rings. The van der Waals surface area contributed by atoms with E-state index < -0.39 is 5.97 Å². The van der Waals surface area contributed by atoms with Crippen LogP contribution < -0.4 is 5.32 Å². The fourth-order valence-corrected chi connectivity index (χ4v) is 1.57. The van der Waals surface area contributed by atoms with Crippen LogP contribution in [-0.2, 0) is 19.1 Å². The predicted octanol–water partition coefficient (Wildman–Crippen LogP) is 0.243. The number of carbonyl (C=O) groups is 3. The van der Waals surface area contributed by atoms with Crippen molar-refractivity contribution < 1.29 is 24.2 Å². The Morgan fingerprint density at radius 2 is 1.90 bits per heavy atom. The van der Waals surface area contributed by atoms with E-state index in [9.17, 15) is 14.4 Å². The van der Waals surface area contributed by atoms with Gasteiger partial charge in [-0.05, 0) is 33.4 Å². The lowest BCUT2D eigenvalue weighted by Gasteiger charge is -2.15. The highest BCUT2D eigenvalue weighted by molar-refractivity contribution is 5.78. The van der Waals surface area contributed by atoms with Crippen molar-refractivity contribution in [1.29, 1.82) is 0 Å². The highest BCUT2D eigenvalue weighted by atomic mass is 16.5. The first kappa shape index (κ1) is 18.4. The molecule has 0 aliphatic carbocycles. The molecule has 116 valence electrons. The number of likely N-dealkylation sites (N-methyl/N-ethyl adjacent to an activating group) is 1. The molecule has 0 aromatic heterocycles. The summed E-state index contributed by atoms with van der Waals surface area (Å²) in [6.45, 7) is 3.33. The fourth-order valence-electron chi connectivity index (χ4n) is 1.57. The van der Waals surface area contributed by atoms with E-state index in [1.807, 2.05) is 0 Å². The number of rotatable bonds is 11. The summed E-state index contributed by atoms with van der Waals surface area (Å²) in [6.07, 6.45) is 1.46. The second-order valence-electron chi connectivity index (χ2n) is 4.49. The Balaban J connectivity index is 3.57. The molecule has 0 saturated heterocycles. The van der Waals surface area contributed by atoms with E-state index in [-0.39, 0.29) is 24.8 Å². The molecule has 0 aliphatic heterocycles. The number of hydrogen-bond acceptors (Lipinski definition) is 5. The van der Waals surface area contributed by atoms with Crippen LogP contribution in [0.25, 0.3) is 0 Å². The van der Waals surface area contributed by atoms with Gasteiger partial charge in [0.1, 0.15) is 0 Å². The van der Waals surface area contributed by atoms with Crippen LogP contribution in [-0.4, -0.2) is 61.1 Å². The van der Waals surface area contributed by atoms with E-state index in [2.05, 4.69) is 5.32 Å². The summed E-state index contributed by atoms with van der Waals surface area (Å²) in [4.78, 5) is 34.7. The van der Waals surface area contributed by atoms with Crippen molar-refractivity contribution in [2.24, 2.45) is 0 Å². The molecular formula is C13H24N2O5. The molecule has 7 nitrogen and oxygen atoms in total. The van der Waals surface area contributed by atoms with Crippen LogP contribution in [0.15, 0.2) is 0 Å². The van der Waals surface area contributed by atoms with E-state index in [0.29, 0.717) is 39.0 Å². The van der Waals surface area contributed by atoms with Crippen LogP contribution in [0.1, 0.15) is 32.6 Å². The van der Waals surface area contributed by atoms with Crippen molar-refractivity contribution in [2.75, 3.05) is 33.3 Å². The first-order valence-electron chi connectivity index (χ1n) is 6.78. The van der Waals surface area contributed by atoms with Gasteiger partial charge in [-0.25, -0.2) is 0 Å². The number of amides is 1. The second-order valence-corrected chi connectivity index (χ2v) is 4.49. The second kappa shape index (κ2) is 11.2. The summed E-state index contributed by atoms with van der Waals surface area (Å²) in [5, 5.41) is 11.2.